The van der Waals surface area contributed by atoms with Crippen molar-refractivity contribution in [2.24, 2.45) is 5.92 Å². The summed E-state index contributed by atoms with van der Waals surface area (Å²) in [5.41, 5.74) is 0.625. The molecule has 1 aliphatic heterocycles. The van der Waals surface area contributed by atoms with Gasteiger partial charge in [0.25, 0.3) is 0 Å². The molecule has 2 rings (SSSR count). The highest BCUT2D eigenvalue weighted by atomic mass is 35.5. The summed E-state index contributed by atoms with van der Waals surface area (Å²) in [6.07, 6.45) is 2.89. The lowest BCUT2D eigenvalue weighted by molar-refractivity contribution is 0.0688. The van der Waals surface area contributed by atoms with Gasteiger partial charge in [0.05, 0.1) is 12.3 Å². The Labute approximate surface area is 101 Å². The number of hydrogen-bond acceptors (Lipinski definition) is 3. The van der Waals surface area contributed by atoms with Gasteiger partial charge in [-0.3, -0.25) is 4.79 Å². The number of aromatic nitrogens is 1. The molecule has 0 amide bonds. The van der Waals surface area contributed by atoms with Crippen molar-refractivity contribution in [3.63, 3.8) is 0 Å². The fourth-order valence-corrected chi connectivity index (χ4v) is 1.76. The van der Waals surface area contributed by atoms with E-state index in [1.165, 1.54) is 0 Å². The van der Waals surface area contributed by atoms with Crippen LogP contribution in [0.25, 0.3) is 0 Å². The van der Waals surface area contributed by atoms with Gasteiger partial charge in [-0.15, -0.1) is 12.4 Å². The van der Waals surface area contributed by atoms with Crippen molar-refractivity contribution in [2.75, 3.05) is 26.3 Å². The van der Waals surface area contributed by atoms with Gasteiger partial charge in [-0.2, -0.15) is 0 Å². The Kier molecular flexibility index (Phi) is 5.52. The first kappa shape index (κ1) is 13.2. The molecular weight excluding hydrogens is 228 g/mol. The van der Waals surface area contributed by atoms with Gasteiger partial charge in [0.15, 0.2) is 0 Å². The Morgan fingerprint density at radius 3 is 3.06 bits per heavy atom. The lowest BCUT2D eigenvalue weighted by Gasteiger charge is -2.07. The van der Waals surface area contributed by atoms with Crippen LogP contribution in [0.1, 0.15) is 16.9 Å². The SMILES string of the molecule is Cl.O=C(COCC1CCNC1)c1ccc[nH]1. The van der Waals surface area contributed by atoms with E-state index in [0.29, 0.717) is 18.2 Å². The molecule has 1 unspecified atom stereocenters. The number of aromatic amines is 1. The number of carbonyl (C=O) groups is 1. The summed E-state index contributed by atoms with van der Waals surface area (Å²) in [5.74, 6) is 0.590. The molecule has 0 radical (unpaired) electrons. The molecule has 2 N–H and O–H groups in total. The Morgan fingerprint density at radius 2 is 2.44 bits per heavy atom. The summed E-state index contributed by atoms with van der Waals surface area (Å²) in [7, 11) is 0. The molecular formula is C11H17ClN2O2. The summed E-state index contributed by atoms with van der Waals surface area (Å²) in [4.78, 5) is 14.4. The Balaban J connectivity index is 0.00000128. The zero-order valence-corrected chi connectivity index (χ0v) is 9.89. The van der Waals surface area contributed by atoms with E-state index < -0.39 is 0 Å². The second-order valence-corrected chi connectivity index (χ2v) is 3.88. The average Bonchev–Trinajstić information content (AvgIpc) is 2.90. The third-order valence-electron chi connectivity index (χ3n) is 2.65. The average molecular weight is 245 g/mol. The molecule has 1 aliphatic rings. The fourth-order valence-electron chi connectivity index (χ4n) is 1.76. The minimum Gasteiger partial charge on any atom is -0.373 e. The zero-order chi connectivity index (χ0) is 10.5. The first-order valence-electron chi connectivity index (χ1n) is 5.31. The lowest BCUT2D eigenvalue weighted by Crippen LogP contribution is -2.17. The van der Waals surface area contributed by atoms with Crippen LogP contribution in [0.15, 0.2) is 18.3 Å². The number of rotatable bonds is 5. The van der Waals surface area contributed by atoms with Crippen LogP contribution in [-0.2, 0) is 4.74 Å². The Hall–Kier alpha value is -0.840. The van der Waals surface area contributed by atoms with E-state index in [4.69, 9.17) is 4.74 Å². The van der Waals surface area contributed by atoms with Crippen molar-refractivity contribution in [3.05, 3.63) is 24.0 Å². The van der Waals surface area contributed by atoms with Gasteiger partial charge in [-0.1, -0.05) is 0 Å². The highest BCUT2D eigenvalue weighted by molar-refractivity contribution is 5.95. The number of hydrogen-bond donors (Lipinski definition) is 2. The standard InChI is InChI=1S/C11H16N2O2.ClH/c14-11(10-2-1-4-13-10)8-15-7-9-3-5-12-6-9;/h1-2,4,9,12-13H,3,5-8H2;1H. The molecule has 90 valence electrons. The molecule has 16 heavy (non-hydrogen) atoms. The van der Waals surface area contributed by atoms with Crippen molar-refractivity contribution < 1.29 is 9.53 Å². The monoisotopic (exact) mass is 244 g/mol. The van der Waals surface area contributed by atoms with Crippen LogP contribution < -0.4 is 5.32 Å². The van der Waals surface area contributed by atoms with E-state index >= 15 is 0 Å². The van der Waals surface area contributed by atoms with Crippen LogP contribution in [0.5, 0.6) is 0 Å². The predicted octanol–water partition coefficient (Wildman–Crippen LogP) is 1.25. The first-order chi connectivity index (χ1) is 7.36. The highest BCUT2D eigenvalue weighted by Gasteiger charge is 2.15. The highest BCUT2D eigenvalue weighted by Crippen LogP contribution is 2.07. The molecule has 0 spiro atoms. The number of ether oxygens (including phenoxy) is 1. The van der Waals surface area contributed by atoms with E-state index in [1.54, 1.807) is 12.3 Å². The van der Waals surface area contributed by atoms with Crippen molar-refractivity contribution in [1.29, 1.82) is 0 Å². The number of ketones is 1. The molecule has 1 atom stereocenters. The van der Waals surface area contributed by atoms with Crippen molar-refractivity contribution >= 4 is 18.2 Å². The number of halogens is 1. The third kappa shape index (κ3) is 3.63. The third-order valence-corrected chi connectivity index (χ3v) is 2.65. The molecule has 5 heteroatoms. The van der Waals surface area contributed by atoms with Crippen LogP contribution in [0.2, 0.25) is 0 Å². The quantitative estimate of drug-likeness (QED) is 0.767. The predicted molar refractivity (Wildman–Crippen MR) is 64.2 cm³/mol. The maximum absolute atomic E-state index is 11.5. The van der Waals surface area contributed by atoms with Gasteiger partial charge in [-0.25, -0.2) is 0 Å². The van der Waals surface area contributed by atoms with E-state index in [2.05, 4.69) is 10.3 Å². The number of nitrogens with one attached hydrogen (secondary N) is 2. The minimum atomic E-state index is 0. The van der Waals surface area contributed by atoms with Gasteiger partial charge in [0.1, 0.15) is 6.61 Å². The fraction of sp³-hybridized carbons (Fsp3) is 0.545. The zero-order valence-electron chi connectivity index (χ0n) is 9.07. The summed E-state index contributed by atoms with van der Waals surface area (Å²) in [5, 5.41) is 3.27. The molecule has 1 saturated heterocycles. The van der Waals surface area contributed by atoms with Crippen molar-refractivity contribution in [3.8, 4) is 0 Å². The number of carbonyl (C=O) groups excluding carboxylic acids is 1. The molecule has 4 nitrogen and oxygen atoms in total. The molecule has 0 aliphatic carbocycles. The minimum absolute atomic E-state index is 0. The van der Waals surface area contributed by atoms with E-state index in [1.807, 2.05) is 6.07 Å². The van der Waals surface area contributed by atoms with E-state index in [9.17, 15) is 4.79 Å². The summed E-state index contributed by atoms with van der Waals surface area (Å²) < 4.78 is 5.39. The van der Waals surface area contributed by atoms with Gasteiger partial charge < -0.3 is 15.0 Å². The molecule has 1 aromatic heterocycles. The van der Waals surface area contributed by atoms with E-state index in [0.717, 1.165) is 19.5 Å². The summed E-state index contributed by atoms with van der Waals surface area (Å²) in [6.45, 7) is 2.94. The summed E-state index contributed by atoms with van der Waals surface area (Å²) in [6, 6.07) is 3.58. The van der Waals surface area contributed by atoms with Crippen LogP contribution >= 0.6 is 12.4 Å². The maximum Gasteiger partial charge on any atom is 0.204 e. The van der Waals surface area contributed by atoms with Crippen LogP contribution in [0.3, 0.4) is 0 Å². The smallest absolute Gasteiger partial charge is 0.204 e. The van der Waals surface area contributed by atoms with E-state index in [-0.39, 0.29) is 24.8 Å². The van der Waals surface area contributed by atoms with Gasteiger partial charge >= 0.3 is 0 Å². The number of H-pyrrole nitrogens is 1. The lowest BCUT2D eigenvalue weighted by atomic mass is 10.1. The topological polar surface area (TPSA) is 54.1 Å². The van der Waals surface area contributed by atoms with Gasteiger partial charge in [0, 0.05) is 12.7 Å². The second-order valence-electron chi connectivity index (χ2n) is 3.88. The molecule has 0 saturated carbocycles. The summed E-state index contributed by atoms with van der Waals surface area (Å²) >= 11 is 0. The van der Waals surface area contributed by atoms with Crippen LogP contribution in [0, 0.1) is 5.92 Å². The number of Topliss-reactive ketones (excluding diaryl/α,β-unsaturated/α-hetero) is 1. The second kappa shape index (κ2) is 6.68. The van der Waals surface area contributed by atoms with Crippen LogP contribution in [0.4, 0.5) is 0 Å². The van der Waals surface area contributed by atoms with Crippen molar-refractivity contribution in [2.45, 2.75) is 6.42 Å². The first-order valence-corrected chi connectivity index (χ1v) is 5.31. The molecule has 0 aromatic carbocycles. The largest absolute Gasteiger partial charge is 0.373 e. The van der Waals surface area contributed by atoms with Gasteiger partial charge in [0.2, 0.25) is 5.78 Å². The molecule has 1 fully saturated rings. The van der Waals surface area contributed by atoms with Gasteiger partial charge in [-0.05, 0) is 31.0 Å². The molecule has 1 aromatic rings. The maximum atomic E-state index is 11.5. The molecule has 2 heterocycles. The van der Waals surface area contributed by atoms with Crippen LogP contribution in [-0.4, -0.2) is 37.1 Å². The molecule has 0 bridgehead atoms. The Morgan fingerprint density at radius 1 is 1.56 bits per heavy atom. The normalized spacial score (nSPS) is 19.4. The van der Waals surface area contributed by atoms with Crippen molar-refractivity contribution in [1.82, 2.24) is 10.3 Å². The Bertz CT molecular complexity index is 308.